The molecule has 0 spiro atoms. The summed E-state index contributed by atoms with van der Waals surface area (Å²) in [6.45, 7) is 5.06. The molecule has 1 unspecified atom stereocenters. The summed E-state index contributed by atoms with van der Waals surface area (Å²) in [5.41, 5.74) is 1.37. The van der Waals surface area contributed by atoms with E-state index in [0.717, 1.165) is 32.8 Å². The van der Waals surface area contributed by atoms with E-state index in [1.165, 1.54) is 18.4 Å². The Morgan fingerprint density at radius 3 is 2.89 bits per heavy atom. The van der Waals surface area contributed by atoms with Gasteiger partial charge in [-0.1, -0.05) is 30.3 Å². The number of nitrogens with one attached hydrogen (secondary N) is 1. The fourth-order valence-electron chi connectivity index (χ4n) is 2.31. The minimum absolute atomic E-state index is 0.449. The molecule has 1 aromatic carbocycles. The summed E-state index contributed by atoms with van der Waals surface area (Å²) in [5.74, 6) is 0. The molecule has 1 N–H and O–H groups in total. The van der Waals surface area contributed by atoms with Gasteiger partial charge in [0.05, 0.1) is 6.10 Å². The lowest BCUT2D eigenvalue weighted by molar-refractivity contribution is 0.109. The highest BCUT2D eigenvalue weighted by molar-refractivity contribution is 5.14. The summed E-state index contributed by atoms with van der Waals surface area (Å²) in [7, 11) is 2.17. The second-order valence-electron chi connectivity index (χ2n) is 5.06. The summed E-state index contributed by atoms with van der Waals surface area (Å²) in [4.78, 5) is 2.35. The van der Waals surface area contributed by atoms with Crippen molar-refractivity contribution in [1.29, 1.82) is 0 Å². The third-order valence-electron chi connectivity index (χ3n) is 3.36. The van der Waals surface area contributed by atoms with E-state index < -0.39 is 0 Å². The molecule has 0 radical (unpaired) electrons. The van der Waals surface area contributed by atoms with Gasteiger partial charge in [-0.15, -0.1) is 0 Å². The monoisotopic (exact) mass is 248 g/mol. The number of hydrogen-bond donors (Lipinski definition) is 1. The van der Waals surface area contributed by atoms with Gasteiger partial charge in [0.25, 0.3) is 0 Å². The summed E-state index contributed by atoms with van der Waals surface area (Å²) in [6.07, 6.45) is 2.89. The van der Waals surface area contributed by atoms with E-state index in [2.05, 4.69) is 47.6 Å². The first-order chi connectivity index (χ1) is 8.84. The zero-order valence-corrected chi connectivity index (χ0v) is 11.3. The Bertz CT molecular complexity index is 323. The predicted molar refractivity (Wildman–Crippen MR) is 74.6 cm³/mol. The molecule has 0 amide bonds. The van der Waals surface area contributed by atoms with Crippen molar-refractivity contribution in [3.05, 3.63) is 35.9 Å². The minimum atomic E-state index is 0.449. The minimum Gasteiger partial charge on any atom is -0.377 e. The summed E-state index contributed by atoms with van der Waals surface area (Å²) >= 11 is 0. The molecular formula is C15H24N2O. The SMILES string of the molecule is CN(CCNCC1CCCO1)Cc1ccccc1. The van der Waals surface area contributed by atoms with E-state index in [1.54, 1.807) is 0 Å². The molecule has 2 rings (SSSR count). The van der Waals surface area contributed by atoms with Crippen LogP contribution < -0.4 is 5.32 Å². The van der Waals surface area contributed by atoms with Gasteiger partial charge in [-0.2, -0.15) is 0 Å². The highest BCUT2D eigenvalue weighted by Crippen LogP contribution is 2.10. The first kappa shape index (κ1) is 13.5. The van der Waals surface area contributed by atoms with Gasteiger partial charge >= 0.3 is 0 Å². The van der Waals surface area contributed by atoms with Crippen LogP contribution in [0.2, 0.25) is 0 Å². The highest BCUT2D eigenvalue weighted by Gasteiger charge is 2.14. The molecule has 0 saturated carbocycles. The number of benzene rings is 1. The van der Waals surface area contributed by atoms with E-state index in [-0.39, 0.29) is 0 Å². The van der Waals surface area contributed by atoms with Gasteiger partial charge in [0.2, 0.25) is 0 Å². The number of hydrogen-bond acceptors (Lipinski definition) is 3. The maximum Gasteiger partial charge on any atom is 0.0700 e. The fourth-order valence-corrected chi connectivity index (χ4v) is 2.31. The van der Waals surface area contributed by atoms with Gasteiger partial charge in [-0.05, 0) is 25.5 Å². The molecule has 3 nitrogen and oxygen atoms in total. The molecule has 1 fully saturated rings. The topological polar surface area (TPSA) is 24.5 Å². The highest BCUT2D eigenvalue weighted by atomic mass is 16.5. The molecule has 1 atom stereocenters. The van der Waals surface area contributed by atoms with Crippen molar-refractivity contribution in [2.75, 3.05) is 33.3 Å². The van der Waals surface area contributed by atoms with Crippen LogP contribution >= 0.6 is 0 Å². The maximum atomic E-state index is 5.58. The Kier molecular flexibility index (Phi) is 5.65. The van der Waals surface area contributed by atoms with Gasteiger partial charge < -0.3 is 15.0 Å². The third kappa shape index (κ3) is 4.77. The Labute approximate surface area is 110 Å². The molecule has 100 valence electrons. The van der Waals surface area contributed by atoms with E-state index >= 15 is 0 Å². The fraction of sp³-hybridized carbons (Fsp3) is 0.600. The van der Waals surface area contributed by atoms with Crippen LogP contribution in [0.4, 0.5) is 0 Å². The predicted octanol–water partition coefficient (Wildman–Crippen LogP) is 1.89. The van der Waals surface area contributed by atoms with Crippen LogP contribution in [0, 0.1) is 0 Å². The largest absolute Gasteiger partial charge is 0.377 e. The molecule has 0 aliphatic carbocycles. The van der Waals surface area contributed by atoms with Gasteiger partial charge in [-0.3, -0.25) is 0 Å². The van der Waals surface area contributed by atoms with Gasteiger partial charge in [-0.25, -0.2) is 0 Å². The Morgan fingerprint density at radius 1 is 1.33 bits per heavy atom. The lowest BCUT2D eigenvalue weighted by Gasteiger charge is -2.18. The first-order valence-electron chi connectivity index (χ1n) is 6.89. The van der Waals surface area contributed by atoms with E-state index in [9.17, 15) is 0 Å². The first-order valence-corrected chi connectivity index (χ1v) is 6.89. The number of ether oxygens (including phenoxy) is 1. The number of nitrogens with zero attached hydrogens (tertiary/aromatic N) is 1. The van der Waals surface area contributed by atoms with Gasteiger partial charge in [0.15, 0.2) is 0 Å². The summed E-state index contributed by atoms with van der Waals surface area (Å²) < 4.78 is 5.58. The molecule has 0 bridgehead atoms. The van der Waals surface area contributed by atoms with Crippen LogP contribution in [0.1, 0.15) is 18.4 Å². The smallest absolute Gasteiger partial charge is 0.0700 e. The van der Waals surface area contributed by atoms with Crippen molar-refractivity contribution < 1.29 is 4.74 Å². The normalized spacial score (nSPS) is 19.6. The molecule has 1 aliphatic heterocycles. The molecule has 18 heavy (non-hydrogen) atoms. The average Bonchev–Trinajstić information content (AvgIpc) is 2.89. The molecule has 1 saturated heterocycles. The molecule has 1 aromatic rings. The number of likely N-dealkylation sites (N-methyl/N-ethyl adjacent to an activating group) is 1. The molecule has 1 aliphatic rings. The van der Waals surface area contributed by atoms with Crippen LogP contribution in [0.15, 0.2) is 30.3 Å². The lowest BCUT2D eigenvalue weighted by atomic mass is 10.2. The zero-order chi connectivity index (χ0) is 12.6. The van der Waals surface area contributed by atoms with Crippen LogP contribution in [0.25, 0.3) is 0 Å². The second kappa shape index (κ2) is 7.52. The van der Waals surface area contributed by atoms with E-state index in [1.807, 2.05) is 0 Å². The summed E-state index contributed by atoms with van der Waals surface area (Å²) in [5, 5.41) is 3.48. The van der Waals surface area contributed by atoms with Gasteiger partial charge in [0, 0.05) is 32.8 Å². The lowest BCUT2D eigenvalue weighted by Crippen LogP contribution is -2.33. The maximum absolute atomic E-state index is 5.58. The molecule has 0 aromatic heterocycles. The van der Waals surface area contributed by atoms with Crippen molar-refractivity contribution in [2.45, 2.75) is 25.5 Å². The molecule has 1 heterocycles. The van der Waals surface area contributed by atoms with Crippen LogP contribution in [-0.4, -0.2) is 44.3 Å². The van der Waals surface area contributed by atoms with Crippen molar-refractivity contribution in [3.8, 4) is 0 Å². The Hall–Kier alpha value is -0.900. The van der Waals surface area contributed by atoms with Crippen LogP contribution in [0.3, 0.4) is 0 Å². The second-order valence-corrected chi connectivity index (χ2v) is 5.06. The number of rotatable bonds is 7. The third-order valence-corrected chi connectivity index (χ3v) is 3.36. The Morgan fingerprint density at radius 2 is 2.17 bits per heavy atom. The van der Waals surface area contributed by atoms with Crippen molar-refractivity contribution in [2.24, 2.45) is 0 Å². The van der Waals surface area contributed by atoms with E-state index in [0.29, 0.717) is 6.10 Å². The average molecular weight is 248 g/mol. The van der Waals surface area contributed by atoms with Crippen molar-refractivity contribution in [3.63, 3.8) is 0 Å². The quantitative estimate of drug-likeness (QED) is 0.746. The standard InChI is InChI=1S/C15H24N2O/c1-17(13-14-6-3-2-4-7-14)10-9-16-12-15-8-5-11-18-15/h2-4,6-7,15-16H,5,8-13H2,1H3. The van der Waals surface area contributed by atoms with Crippen LogP contribution in [0.5, 0.6) is 0 Å². The van der Waals surface area contributed by atoms with Crippen LogP contribution in [-0.2, 0) is 11.3 Å². The zero-order valence-electron chi connectivity index (χ0n) is 11.3. The van der Waals surface area contributed by atoms with Crippen molar-refractivity contribution in [1.82, 2.24) is 10.2 Å². The van der Waals surface area contributed by atoms with Crippen molar-refractivity contribution >= 4 is 0 Å². The van der Waals surface area contributed by atoms with Gasteiger partial charge in [0.1, 0.15) is 0 Å². The summed E-state index contributed by atoms with van der Waals surface area (Å²) in [6, 6.07) is 10.6. The Balaban J connectivity index is 1.55. The molecule has 3 heteroatoms. The molecular weight excluding hydrogens is 224 g/mol. The van der Waals surface area contributed by atoms with E-state index in [4.69, 9.17) is 4.74 Å².